The molecule has 248 valence electrons. The van der Waals surface area contributed by atoms with Crippen molar-refractivity contribution in [2.45, 2.75) is 65.1 Å². The highest BCUT2D eigenvalue weighted by Crippen LogP contribution is 2.37. The third kappa shape index (κ3) is 6.24. The SMILES string of the molecule is CC1CC(c2ncc(-c3ccc4cc(-c5ccc(-c6cnc([C@@H]7C[C@H](C)CN7C(=O)OC(C)(C)C)[nH]6)cc5)ccc4n3)[nH]2)N(C(=O)O)C1. The molecule has 5 aromatic rings. The monoisotopic (exact) mass is 647 g/mol. The molecule has 4 atom stereocenters. The molecule has 11 nitrogen and oxygen atoms in total. The third-order valence-electron chi connectivity index (χ3n) is 9.21. The van der Waals surface area contributed by atoms with Crippen molar-refractivity contribution in [1.82, 2.24) is 34.7 Å². The largest absolute Gasteiger partial charge is 0.465 e. The summed E-state index contributed by atoms with van der Waals surface area (Å²) in [6.07, 6.45) is 3.91. The number of carbonyl (C=O) groups excluding carboxylic acids is 1. The Kier molecular flexibility index (Phi) is 7.93. The second-order valence-corrected chi connectivity index (χ2v) is 14.3. The summed E-state index contributed by atoms with van der Waals surface area (Å²) in [5, 5.41) is 10.6. The summed E-state index contributed by atoms with van der Waals surface area (Å²) in [5.41, 5.74) is 5.89. The smallest absolute Gasteiger partial charge is 0.410 e. The lowest BCUT2D eigenvalue weighted by atomic mass is 10.0. The Bertz CT molecular complexity index is 1980. The second-order valence-electron chi connectivity index (χ2n) is 14.3. The first-order valence-electron chi connectivity index (χ1n) is 16.5. The van der Waals surface area contributed by atoms with Crippen LogP contribution in [0.25, 0.3) is 44.7 Å². The van der Waals surface area contributed by atoms with Gasteiger partial charge in [0.05, 0.1) is 47.1 Å². The first kappa shape index (κ1) is 31.4. The number of nitrogens with zero attached hydrogens (tertiary/aromatic N) is 5. The van der Waals surface area contributed by atoms with Crippen LogP contribution >= 0.6 is 0 Å². The molecule has 0 bridgehead atoms. The third-order valence-corrected chi connectivity index (χ3v) is 9.21. The number of hydrogen-bond acceptors (Lipinski definition) is 6. The molecule has 2 fully saturated rings. The van der Waals surface area contributed by atoms with E-state index in [2.05, 4.69) is 70.2 Å². The van der Waals surface area contributed by atoms with Gasteiger partial charge in [0, 0.05) is 18.5 Å². The fraction of sp³-hybridized carbons (Fsp3) is 0.378. The van der Waals surface area contributed by atoms with Gasteiger partial charge < -0.3 is 19.8 Å². The van der Waals surface area contributed by atoms with Crippen LogP contribution in [0.3, 0.4) is 0 Å². The number of rotatable bonds is 5. The number of carbonyl (C=O) groups is 2. The van der Waals surface area contributed by atoms with Crippen molar-refractivity contribution in [3.63, 3.8) is 0 Å². The normalized spacial score (nSPS) is 21.3. The molecule has 3 aromatic heterocycles. The molecule has 7 rings (SSSR count). The standard InChI is InChI=1S/C37H41N7O4/c1-21-14-31(43(19-21)35(45)46)33-39-18-30(42-33)28-13-11-26-16-25(10-12-27(26)40-28)23-6-8-24(9-7-23)29-17-38-34(41-29)32-15-22(2)20-44(32)36(47)48-37(3,4)5/h6-13,16-18,21-22,31-32H,14-15,19-20H2,1-5H3,(H,38,41)(H,39,42)(H,45,46)/t21?,22-,31?,32-/m0/s1. The van der Waals surface area contributed by atoms with Gasteiger partial charge in [-0.1, -0.05) is 50.2 Å². The van der Waals surface area contributed by atoms with Crippen LogP contribution in [0.2, 0.25) is 0 Å². The Hall–Kier alpha value is -5.19. The van der Waals surface area contributed by atoms with E-state index < -0.39 is 11.7 Å². The number of carboxylic acid groups (broad SMARTS) is 1. The Labute approximate surface area is 279 Å². The van der Waals surface area contributed by atoms with Gasteiger partial charge in [0.25, 0.3) is 0 Å². The van der Waals surface area contributed by atoms with Crippen molar-refractivity contribution in [3.8, 4) is 33.8 Å². The van der Waals surface area contributed by atoms with E-state index in [4.69, 9.17) is 9.72 Å². The molecule has 2 aliphatic rings. The second kappa shape index (κ2) is 12.1. The number of imidazole rings is 2. The molecule has 3 N–H and O–H groups in total. The summed E-state index contributed by atoms with van der Waals surface area (Å²) in [7, 11) is 0. The van der Waals surface area contributed by atoms with Gasteiger partial charge in [-0.05, 0) is 80.3 Å². The number of nitrogens with one attached hydrogen (secondary N) is 2. The van der Waals surface area contributed by atoms with Crippen molar-refractivity contribution < 1.29 is 19.4 Å². The number of amides is 2. The van der Waals surface area contributed by atoms with Gasteiger partial charge in [0.15, 0.2) is 0 Å². The molecule has 0 radical (unpaired) electrons. The maximum Gasteiger partial charge on any atom is 0.410 e. The number of hydrogen-bond donors (Lipinski definition) is 3. The van der Waals surface area contributed by atoms with Crippen LogP contribution in [0.15, 0.2) is 67.0 Å². The summed E-state index contributed by atoms with van der Waals surface area (Å²) < 4.78 is 5.67. The first-order valence-corrected chi connectivity index (χ1v) is 16.5. The number of pyridine rings is 1. The zero-order valence-electron chi connectivity index (χ0n) is 27.9. The van der Waals surface area contributed by atoms with Gasteiger partial charge in [-0.15, -0.1) is 0 Å². The molecule has 2 aromatic carbocycles. The maximum atomic E-state index is 12.9. The van der Waals surface area contributed by atoms with Crippen LogP contribution in [-0.2, 0) is 4.74 Å². The Balaban J connectivity index is 1.06. The highest BCUT2D eigenvalue weighted by molar-refractivity contribution is 5.86. The van der Waals surface area contributed by atoms with Gasteiger partial charge in [-0.25, -0.2) is 24.5 Å². The van der Waals surface area contributed by atoms with Gasteiger partial charge in [0.1, 0.15) is 17.2 Å². The lowest BCUT2D eigenvalue weighted by Crippen LogP contribution is -2.37. The number of aromatic amines is 2. The predicted molar refractivity (Wildman–Crippen MR) is 183 cm³/mol. The van der Waals surface area contributed by atoms with E-state index in [1.165, 1.54) is 4.90 Å². The summed E-state index contributed by atoms with van der Waals surface area (Å²) >= 11 is 0. The van der Waals surface area contributed by atoms with E-state index in [-0.39, 0.29) is 24.1 Å². The average Bonchev–Trinajstić information content (AvgIpc) is 3.86. The summed E-state index contributed by atoms with van der Waals surface area (Å²) in [5.74, 6) is 2.06. The van der Waals surface area contributed by atoms with Gasteiger partial charge >= 0.3 is 12.2 Å². The summed E-state index contributed by atoms with van der Waals surface area (Å²) in [4.78, 5) is 48.8. The summed E-state index contributed by atoms with van der Waals surface area (Å²) in [6, 6.07) is 18.1. The minimum Gasteiger partial charge on any atom is -0.465 e. The van der Waals surface area contributed by atoms with E-state index in [0.717, 1.165) is 63.3 Å². The molecule has 48 heavy (non-hydrogen) atoms. The van der Waals surface area contributed by atoms with Crippen molar-refractivity contribution in [2.24, 2.45) is 11.8 Å². The number of fused-ring (bicyclic) bond motifs is 1. The number of benzene rings is 2. The van der Waals surface area contributed by atoms with Crippen LogP contribution < -0.4 is 0 Å². The minimum atomic E-state index is -0.922. The van der Waals surface area contributed by atoms with E-state index in [0.29, 0.717) is 24.8 Å². The van der Waals surface area contributed by atoms with Gasteiger partial charge in [0.2, 0.25) is 0 Å². The molecule has 2 aliphatic heterocycles. The fourth-order valence-corrected chi connectivity index (χ4v) is 6.93. The Morgan fingerprint density at radius 3 is 2.04 bits per heavy atom. The number of aromatic nitrogens is 5. The molecular formula is C37H41N7O4. The molecule has 2 amide bonds. The summed E-state index contributed by atoms with van der Waals surface area (Å²) in [6.45, 7) is 11.0. The molecule has 0 aliphatic carbocycles. The van der Waals surface area contributed by atoms with Gasteiger partial charge in [-0.2, -0.15) is 0 Å². The highest BCUT2D eigenvalue weighted by atomic mass is 16.6. The zero-order valence-corrected chi connectivity index (χ0v) is 27.9. The number of ether oxygens (including phenoxy) is 1. The molecule has 0 saturated carbocycles. The number of H-pyrrole nitrogens is 2. The lowest BCUT2D eigenvalue weighted by Gasteiger charge is -2.27. The average molecular weight is 648 g/mol. The van der Waals surface area contributed by atoms with Crippen molar-refractivity contribution in [1.29, 1.82) is 0 Å². The van der Waals surface area contributed by atoms with E-state index in [1.807, 2.05) is 45.2 Å². The minimum absolute atomic E-state index is 0.150. The molecule has 2 saturated heterocycles. The van der Waals surface area contributed by atoms with Crippen LogP contribution in [0, 0.1) is 11.8 Å². The van der Waals surface area contributed by atoms with Crippen LogP contribution in [0.5, 0.6) is 0 Å². The molecule has 5 heterocycles. The van der Waals surface area contributed by atoms with Crippen LogP contribution in [-0.4, -0.2) is 70.7 Å². The zero-order chi connectivity index (χ0) is 33.7. The van der Waals surface area contributed by atoms with E-state index in [9.17, 15) is 14.7 Å². The van der Waals surface area contributed by atoms with E-state index >= 15 is 0 Å². The van der Waals surface area contributed by atoms with Crippen LogP contribution in [0.1, 0.15) is 71.2 Å². The lowest BCUT2D eigenvalue weighted by molar-refractivity contribution is 0.0214. The predicted octanol–water partition coefficient (Wildman–Crippen LogP) is 8.06. The van der Waals surface area contributed by atoms with Crippen LogP contribution in [0.4, 0.5) is 9.59 Å². The van der Waals surface area contributed by atoms with Crippen molar-refractivity contribution >= 4 is 23.1 Å². The molecule has 11 heteroatoms. The highest BCUT2D eigenvalue weighted by Gasteiger charge is 2.38. The maximum absolute atomic E-state index is 12.9. The number of likely N-dealkylation sites (tertiary alicyclic amines) is 2. The quantitative estimate of drug-likeness (QED) is 0.175. The topological polar surface area (TPSA) is 140 Å². The molecule has 2 unspecified atom stereocenters. The van der Waals surface area contributed by atoms with Gasteiger partial charge in [-0.3, -0.25) is 9.80 Å². The molecular weight excluding hydrogens is 606 g/mol. The Morgan fingerprint density at radius 1 is 0.792 bits per heavy atom. The van der Waals surface area contributed by atoms with Crippen molar-refractivity contribution in [3.05, 3.63) is 78.6 Å². The van der Waals surface area contributed by atoms with E-state index in [1.54, 1.807) is 11.1 Å². The Morgan fingerprint density at radius 2 is 1.38 bits per heavy atom. The first-order chi connectivity index (χ1) is 22.9. The molecule has 0 spiro atoms. The fourth-order valence-electron chi connectivity index (χ4n) is 6.93. The van der Waals surface area contributed by atoms with Crippen molar-refractivity contribution in [2.75, 3.05) is 13.1 Å².